The molecule has 1 atom stereocenters. The summed E-state index contributed by atoms with van der Waals surface area (Å²) < 4.78 is 5.50. The Labute approximate surface area is 162 Å². The molecule has 1 fully saturated rings. The molecule has 2 rings (SSSR count). The molecule has 26 heavy (non-hydrogen) atoms. The van der Waals surface area contributed by atoms with Crippen LogP contribution in [0, 0.1) is 5.92 Å². The van der Waals surface area contributed by atoms with Gasteiger partial charge in [0.15, 0.2) is 5.96 Å². The Morgan fingerprint density at radius 1 is 1.35 bits per heavy atom. The highest BCUT2D eigenvalue weighted by molar-refractivity contribution is 7.09. The number of aryl methyl sites for hydroxylation is 1. The number of thiazole rings is 1. The van der Waals surface area contributed by atoms with Crippen molar-refractivity contribution in [1.29, 1.82) is 0 Å². The zero-order valence-corrected chi connectivity index (χ0v) is 17.6. The van der Waals surface area contributed by atoms with Crippen molar-refractivity contribution >= 4 is 17.3 Å². The maximum absolute atomic E-state index is 5.50. The lowest BCUT2D eigenvalue weighted by Crippen LogP contribution is -2.51. The third kappa shape index (κ3) is 7.21. The number of ether oxygens (including phenoxy) is 1. The lowest BCUT2D eigenvalue weighted by atomic mass is 10.0. The highest BCUT2D eigenvalue weighted by atomic mass is 32.1. The van der Waals surface area contributed by atoms with E-state index in [9.17, 15) is 0 Å². The third-order valence-corrected chi connectivity index (χ3v) is 5.65. The lowest BCUT2D eigenvalue weighted by Gasteiger charge is -2.35. The molecule has 1 aliphatic rings. The molecule has 0 aliphatic carbocycles. The van der Waals surface area contributed by atoms with E-state index in [1.54, 1.807) is 11.3 Å². The van der Waals surface area contributed by atoms with Gasteiger partial charge < -0.3 is 15.4 Å². The van der Waals surface area contributed by atoms with Crippen LogP contribution in [0.1, 0.15) is 37.9 Å². The van der Waals surface area contributed by atoms with E-state index in [-0.39, 0.29) is 0 Å². The van der Waals surface area contributed by atoms with Gasteiger partial charge in [-0.3, -0.25) is 9.89 Å². The molecule has 2 heterocycles. The fourth-order valence-corrected chi connectivity index (χ4v) is 4.00. The summed E-state index contributed by atoms with van der Waals surface area (Å²) in [5, 5.41) is 10.3. The fourth-order valence-electron chi connectivity index (χ4n) is 3.22. The molecule has 0 bridgehead atoms. The minimum absolute atomic E-state index is 0.517. The predicted octanol–water partition coefficient (Wildman–Crippen LogP) is 2.16. The number of aromatic nitrogens is 1. The fraction of sp³-hybridized carbons (Fsp3) is 0.789. The molecule has 2 N–H and O–H groups in total. The highest BCUT2D eigenvalue weighted by Gasteiger charge is 2.22. The van der Waals surface area contributed by atoms with E-state index in [4.69, 9.17) is 4.74 Å². The third-order valence-electron chi connectivity index (χ3n) is 4.61. The molecule has 148 valence electrons. The number of hydrogen-bond donors (Lipinski definition) is 2. The Kier molecular flexibility index (Phi) is 9.36. The van der Waals surface area contributed by atoms with Crippen molar-refractivity contribution in [2.75, 3.05) is 46.4 Å². The molecule has 0 saturated carbocycles. The first-order valence-corrected chi connectivity index (χ1v) is 10.7. The van der Waals surface area contributed by atoms with Crippen LogP contribution in [0.2, 0.25) is 0 Å². The summed E-state index contributed by atoms with van der Waals surface area (Å²) in [6, 6.07) is 0.517. The van der Waals surface area contributed by atoms with E-state index >= 15 is 0 Å². The first kappa shape index (κ1) is 21.1. The van der Waals surface area contributed by atoms with Crippen molar-refractivity contribution in [3.63, 3.8) is 0 Å². The van der Waals surface area contributed by atoms with E-state index in [0.717, 1.165) is 58.2 Å². The van der Waals surface area contributed by atoms with Crippen LogP contribution >= 0.6 is 11.3 Å². The summed E-state index contributed by atoms with van der Waals surface area (Å²) in [4.78, 5) is 11.5. The molecule has 0 radical (unpaired) electrons. The van der Waals surface area contributed by atoms with E-state index < -0.39 is 0 Å². The van der Waals surface area contributed by atoms with Crippen LogP contribution in [-0.2, 0) is 17.6 Å². The molecule has 1 saturated heterocycles. The Morgan fingerprint density at radius 3 is 2.73 bits per heavy atom. The molecule has 1 aliphatic heterocycles. The molecule has 1 aromatic heterocycles. The zero-order valence-electron chi connectivity index (χ0n) is 16.8. The zero-order chi connectivity index (χ0) is 18.8. The van der Waals surface area contributed by atoms with E-state index in [1.165, 1.54) is 17.1 Å². The normalized spacial score (nSPS) is 17.5. The van der Waals surface area contributed by atoms with Crippen LogP contribution in [0.5, 0.6) is 0 Å². The number of guanidine groups is 1. The Bertz CT molecular complexity index is 540. The maximum atomic E-state index is 5.50. The smallest absolute Gasteiger partial charge is 0.191 e. The molecule has 1 unspecified atom stereocenters. The minimum atomic E-state index is 0.517. The largest absolute Gasteiger partial charge is 0.379 e. The average molecular weight is 382 g/mol. The SMILES string of the molecule is CCc1nc(CCNC(=NC)NCC(CC(C)C)N2CCOCC2)cs1. The Hall–Kier alpha value is -1.18. The summed E-state index contributed by atoms with van der Waals surface area (Å²) >= 11 is 1.75. The van der Waals surface area contributed by atoms with Gasteiger partial charge in [-0.1, -0.05) is 20.8 Å². The first-order chi connectivity index (χ1) is 12.6. The average Bonchev–Trinajstić information content (AvgIpc) is 3.11. The second kappa shape index (κ2) is 11.5. The molecule has 6 nitrogen and oxygen atoms in total. The van der Waals surface area contributed by atoms with Crippen LogP contribution in [0.3, 0.4) is 0 Å². The lowest BCUT2D eigenvalue weighted by molar-refractivity contribution is 0.0132. The van der Waals surface area contributed by atoms with Crippen molar-refractivity contribution in [3.8, 4) is 0 Å². The van der Waals surface area contributed by atoms with E-state index in [1.807, 2.05) is 7.05 Å². The number of rotatable bonds is 9. The summed E-state index contributed by atoms with van der Waals surface area (Å²) in [6.07, 6.45) is 3.12. The van der Waals surface area contributed by atoms with Gasteiger partial charge in [0, 0.05) is 51.1 Å². The quantitative estimate of drug-likeness (QED) is 0.507. The standard InChI is InChI=1S/C19H35N5OS/c1-5-18-23-16(14-26-18)6-7-21-19(20-4)22-13-17(12-15(2)3)24-8-10-25-11-9-24/h14-15,17H,5-13H2,1-4H3,(H2,20,21,22). The summed E-state index contributed by atoms with van der Waals surface area (Å²) in [6.45, 7) is 12.2. The molecular formula is C19H35N5OS. The van der Waals surface area contributed by atoms with Gasteiger partial charge in [0.05, 0.1) is 23.9 Å². The summed E-state index contributed by atoms with van der Waals surface area (Å²) in [7, 11) is 1.83. The molecular weight excluding hydrogens is 346 g/mol. The van der Waals surface area contributed by atoms with Crippen LogP contribution < -0.4 is 10.6 Å². The Morgan fingerprint density at radius 2 is 2.12 bits per heavy atom. The van der Waals surface area contributed by atoms with Gasteiger partial charge in [-0.25, -0.2) is 4.98 Å². The molecule has 7 heteroatoms. The van der Waals surface area contributed by atoms with Crippen molar-refractivity contribution in [3.05, 3.63) is 16.1 Å². The monoisotopic (exact) mass is 381 g/mol. The van der Waals surface area contributed by atoms with E-state index in [0.29, 0.717) is 12.0 Å². The van der Waals surface area contributed by atoms with Gasteiger partial charge in [-0.2, -0.15) is 0 Å². The number of hydrogen-bond acceptors (Lipinski definition) is 5. The second-order valence-corrected chi connectivity index (χ2v) is 8.09. The van der Waals surface area contributed by atoms with Crippen LogP contribution in [0.4, 0.5) is 0 Å². The maximum Gasteiger partial charge on any atom is 0.191 e. The van der Waals surface area contributed by atoms with Crippen LogP contribution in [-0.4, -0.2) is 68.3 Å². The number of aliphatic imine (C=N–C) groups is 1. The van der Waals surface area contributed by atoms with Crippen molar-refractivity contribution in [1.82, 2.24) is 20.5 Å². The molecule has 0 aromatic carbocycles. The van der Waals surface area contributed by atoms with Crippen LogP contribution in [0.25, 0.3) is 0 Å². The topological polar surface area (TPSA) is 61.8 Å². The number of nitrogens with zero attached hydrogens (tertiary/aromatic N) is 3. The van der Waals surface area contributed by atoms with Crippen molar-refractivity contribution in [2.45, 2.75) is 46.1 Å². The molecule has 1 aromatic rings. The van der Waals surface area contributed by atoms with Gasteiger partial charge in [-0.05, 0) is 18.8 Å². The summed E-state index contributed by atoms with van der Waals surface area (Å²) in [5.74, 6) is 1.55. The van der Waals surface area contributed by atoms with Crippen molar-refractivity contribution in [2.24, 2.45) is 10.9 Å². The minimum Gasteiger partial charge on any atom is -0.379 e. The predicted molar refractivity (Wildman–Crippen MR) is 110 cm³/mol. The van der Waals surface area contributed by atoms with Gasteiger partial charge in [0.2, 0.25) is 0 Å². The van der Waals surface area contributed by atoms with Crippen molar-refractivity contribution < 1.29 is 4.74 Å². The van der Waals surface area contributed by atoms with Crippen LogP contribution in [0.15, 0.2) is 10.4 Å². The number of nitrogens with one attached hydrogen (secondary N) is 2. The first-order valence-electron chi connectivity index (χ1n) is 9.82. The Balaban J connectivity index is 1.77. The summed E-state index contributed by atoms with van der Waals surface area (Å²) in [5.41, 5.74) is 1.17. The highest BCUT2D eigenvalue weighted by Crippen LogP contribution is 2.13. The molecule has 0 amide bonds. The van der Waals surface area contributed by atoms with Gasteiger partial charge in [-0.15, -0.1) is 11.3 Å². The van der Waals surface area contributed by atoms with E-state index in [2.05, 4.69) is 51.7 Å². The second-order valence-electron chi connectivity index (χ2n) is 7.15. The van der Waals surface area contributed by atoms with Gasteiger partial charge in [0.25, 0.3) is 0 Å². The van der Waals surface area contributed by atoms with Gasteiger partial charge >= 0.3 is 0 Å². The molecule has 0 spiro atoms. The number of morpholine rings is 1. The van der Waals surface area contributed by atoms with Gasteiger partial charge in [0.1, 0.15) is 0 Å².